The molecule has 0 radical (unpaired) electrons. The Balaban J connectivity index is 2.51. The van der Waals surface area contributed by atoms with Gasteiger partial charge in [0.05, 0.1) is 0 Å². The molecule has 0 spiro atoms. The van der Waals surface area contributed by atoms with Crippen molar-refractivity contribution in [3.8, 4) is 10.6 Å². The van der Waals surface area contributed by atoms with Crippen LogP contribution < -0.4 is 5.73 Å². The van der Waals surface area contributed by atoms with Crippen LogP contribution >= 0.6 is 27.3 Å². The molecule has 0 saturated heterocycles. The first-order chi connectivity index (χ1) is 6.65. The van der Waals surface area contributed by atoms with Crippen LogP contribution in [0.3, 0.4) is 0 Å². The van der Waals surface area contributed by atoms with E-state index in [0.717, 1.165) is 10.6 Å². The number of nitrogen functional groups attached to an aromatic ring is 1. The SMILES string of the molecule is Nc1csc(-c2cc(F)cc(Br)c2)n1. The third-order valence-electron chi connectivity index (χ3n) is 1.63. The minimum atomic E-state index is -0.289. The lowest BCUT2D eigenvalue weighted by Crippen LogP contribution is -1.84. The lowest BCUT2D eigenvalue weighted by molar-refractivity contribution is 0.627. The number of rotatable bonds is 1. The van der Waals surface area contributed by atoms with Crippen LogP contribution in [-0.2, 0) is 0 Å². The Morgan fingerprint density at radius 3 is 2.71 bits per heavy atom. The van der Waals surface area contributed by atoms with Gasteiger partial charge in [0, 0.05) is 15.4 Å². The molecule has 0 amide bonds. The quantitative estimate of drug-likeness (QED) is 0.865. The number of anilines is 1. The van der Waals surface area contributed by atoms with E-state index in [-0.39, 0.29) is 5.82 Å². The highest BCUT2D eigenvalue weighted by Crippen LogP contribution is 2.27. The van der Waals surface area contributed by atoms with Crippen molar-refractivity contribution in [2.45, 2.75) is 0 Å². The van der Waals surface area contributed by atoms with E-state index < -0.39 is 0 Å². The Hall–Kier alpha value is -0.940. The van der Waals surface area contributed by atoms with Gasteiger partial charge < -0.3 is 5.73 Å². The van der Waals surface area contributed by atoms with Gasteiger partial charge in [0.25, 0.3) is 0 Å². The van der Waals surface area contributed by atoms with Gasteiger partial charge in [-0.3, -0.25) is 0 Å². The molecule has 0 fully saturated rings. The van der Waals surface area contributed by atoms with Crippen LogP contribution in [0.15, 0.2) is 28.1 Å². The van der Waals surface area contributed by atoms with Gasteiger partial charge >= 0.3 is 0 Å². The number of nitrogens with zero attached hydrogens (tertiary/aromatic N) is 1. The number of nitrogens with two attached hydrogens (primary N) is 1. The number of benzene rings is 1. The van der Waals surface area contributed by atoms with Crippen molar-refractivity contribution in [3.63, 3.8) is 0 Å². The molecule has 1 aromatic carbocycles. The predicted molar refractivity (Wildman–Crippen MR) is 59.6 cm³/mol. The molecule has 0 aliphatic carbocycles. The molecule has 72 valence electrons. The van der Waals surface area contributed by atoms with E-state index >= 15 is 0 Å². The summed E-state index contributed by atoms with van der Waals surface area (Å²) in [4.78, 5) is 4.07. The topological polar surface area (TPSA) is 38.9 Å². The lowest BCUT2D eigenvalue weighted by Gasteiger charge is -1.97. The average molecular weight is 273 g/mol. The van der Waals surface area contributed by atoms with Gasteiger partial charge in [-0.1, -0.05) is 15.9 Å². The minimum Gasteiger partial charge on any atom is -0.383 e. The number of aromatic nitrogens is 1. The number of hydrogen-bond donors (Lipinski definition) is 1. The Morgan fingerprint density at radius 2 is 2.14 bits per heavy atom. The van der Waals surface area contributed by atoms with Crippen molar-refractivity contribution in [2.24, 2.45) is 0 Å². The molecular weight excluding hydrogens is 267 g/mol. The van der Waals surface area contributed by atoms with Crippen molar-refractivity contribution in [2.75, 3.05) is 5.73 Å². The summed E-state index contributed by atoms with van der Waals surface area (Å²) in [5.74, 6) is 0.175. The maximum Gasteiger partial charge on any atom is 0.135 e. The van der Waals surface area contributed by atoms with Crippen LogP contribution in [0.4, 0.5) is 10.2 Å². The van der Waals surface area contributed by atoms with E-state index in [9.17, 15) is 4.39 Å². The molecule has 0 atom stereocenters. The highest BCUT2D eigenvalue weighted by atomic mass is 79.9. The van der Waals surface area contributed by atoms with E-state index in [1.54, 1.807) is 11.4 Å². The number of hydrogen-bond acceptors (Lipinski definition) is 3. The fourth-order valence-electron chi connectivity index (χ4n) is 1.10. The Kier molecular flexibility index (Phi) is 2.52. The zero-order valence-corrected chi connectivity index (χ0v) is 9.40. The summed E-state index contributed by atoms with van der Waals surface area (Å²) in [7, 11) is 0. The maximum absolute atomic E-state index is 13.0. The third-order valence-corrected chi connectivity index (χ3v) is 3.00. The van der Waals surface area contributed by atoms with Crippen LogP contribution in [0.5, 0.6) is 0 Å². The summed E-state index contributed by atoms with van der Waals surface area (Å²) >= 11 is 4.62. The smallest absolute Gasteiger partial charge is 0.135 e. The normalized spacial score (nSPS) is 10.4. The van der Waals surface area contributed by atoms with Crippen LogP contribution in [0, 0.1) is 5.82 Å². The van der Waals surface area contributed by atoms with Crippen LogP contribution in [-0.4, -0.2) is 4.98 Å². The van der Waals surface area contributed by atoms with Crippen molar-refractivity contribution < 1.29 is 4.39 Å². The second-order valence-electron chi connectivity index (χ2n) is 2.74. The fourth-order valence-corrected chi connectivity index (χ4v) is 2.26. The standard InChI is InChI=1S/C9H6BrFN2S/c10-6-1-5(2-7(11)3-6)9-13-8(12)4-14-9/h1-4H,12H2. The first-order valence-corrected chi connectivity index (χ1v) is 5.50. The van der Waals surface area contributed by atoms with Gasteiger partial charge in [0.1, 0.15) is 16.6 Å². The van der Waals surface area contributed by atoms with Crippen molar-refractivity contribution in [3.05, 3.63) is 33.9 Å². The molecule has 14 heavy (non-hydrogen) atoms. The summed E-state index contributed by atoms with van der Waals surface area (Å²) in [6.45, 7) is 0. The Morgan fingerprint density at radius 1 is 1.36 bits per heavy atom. The first kappa shape index (κ1) is 9.61. The second kappa shape index (κ2) is 3.67. The molecule has 5 heteroatoms. The summed E-state index contributed by atoms with van der Waals surface area (Å²) in [5, 5.41) is 2.46. The summed E-state index contributed by atoms with van der Waals surface area (Å²) in [6.07, 6.45) is 0. The van der Waals surface area contributed by atoms with Gasteiger partial charge in [-0.05, 0) is 18.2 Å². The van der Waals surface area contributed by atoms with Gasteiger partial charge in [-0.15, -0.1) is 11.3 Å². The maximum atomic E-state index is 13.0. The van der Waals surface area contributed by atoms with E-state index in [1.165, 1.54) is 23.5 Å². The zero-order chi connectivity index (χ0) is 10.1. The molecule has 2 nitrogen and oxygen atoms in total. The summed E-state index contributed by atoms with van der Waals surface area (Å²) in [5.41, 5.74) is 6.22. The van der Waals surface area contributed by atoms with Gasteiger partial charge in [-0.25, -0.2) is 9.37 Å². The van der Waals surface area contributed by atoms with E-state index in [1.807, 2.05) is 0 Å². The fraction of sp³-hybridized carbons (Fsp3) is 0. The minimum absolute atomic E-state index is 0.289. The van der Waals surface area contributed by atoms with E-state index in [0.29, 0.717) is 10.3 Å². The van der Waals surface area contributed by atoms with Crippen molar-refractivity contribution in [1.82, 2.24) is 4.98 Å². The molecule has 0 aliphatic heterocycles. The molecule has 1 aromatic heterocycles. The largest absolute Gasteiger partial charge is 0.383 e. The number of halogens is 2. The predicted octanol–water partition coefficient (Wildman–Crippen LogP) is 3.29. The van der Waals surface area contributed by atoms with Crippen molar-refractivity contribution >= 4 is 33.1 Å². The molecule has 2 rings (SSSR count). The molecule has 0 bridgehead atoms. The highest BCUT2D eigenvalue weighted by molar-refractivity contribution is 9.10. The molecule has 0 unspecified atom stereocenters. The summed E-state index contributed by atoms with van der Waals surface area (Å²) in [6, 6.07) is 4.64. The average Bonchev–Trinajstić information content (AvgIpc) is 2.50. The van der Waals surface area contributed by atoms with E-state index in [4.69, 9.17) is 5.73 Å². The van der Waals surface area contributed by atoms with Gasteiger partial charge in [0.2, 0.25) is 0 Å². The highest BCUT2D eigenvalue weighted by Gasteiger charge is 2.05. The Labute approximate surface area is 92.7 Å². The zero-order valence-electron chi connectivity index (χ0n) is 7.00. The van der Waals surface area contributed by atoms with Gasteiger partial charge in [-0.2, -0.15) is 0 Å². The van der Waals surface area contributed by atoms with Crippen molar-refractivity contribution in [1.29, 1.82) is 0 Å². The summed E-state index contributed by atoms with van der Waals surface area (Å²) < 4.78 is 13.7. The molecule has 2 N–H and O–H groups in total. The lowest BCUT2D eigenvalue weighted by atomic mass is 10.2. The first-order valence-electron chi connectivity index (χ1n) is 3.82. The molecular formula is C9H6BrFN2S. The van der Waals surface area contributed by atoms with Crippen LogP contribution in [0.2, 0.25) is 0 Å². The van der Waals surface area contributed by atoms with Crippen LogP contribution in [0.1, 0.15) is 0 Å². The van der Waals surface area contributed by atoms with Crippen LogP contribution in [0.25, 0.3) is 10.6 Å². The second-order valence-corrected chi connectivity index (χ2v) is 4.51. The molecule has 0 saturated carbocycles. The third kappa shape index (κ3) is 1.93. The molecule has 2 aromatic rings. The van der Waals surface area contributed by atoms with E-state index in [2.05, 4.69) is 20.9 Å². The molecule has 1 heterocycles. The van der Waals surface area contributed by atoms with Gasteiger partial charge in [0.15, 0.2) is 0 Å². The Bertz CT molecular complexity index is 449. The number of thiazole rings is 1. The monoisotopic (exact) mass is 272 g/mol. The molecule has 0 aliphatic rings.